The van der Waals surface area contributed by atoms with Crippen molar-refractivity contribution in [3.8, 4) is 0 Å². The summed E-state index contributed by atoms with van der Waals surface area (Å²) in [5, 5.41) is 6.95. The Hall–Kier alpha value is -1.36. The van der Waals surface area contributed by atoms with Gasteiger partial charge < -0.3 is 15.4 Å². The standard InChI is InChI=1S/C15H26N4O/c1-5-12-17-13(16-6-2)11(3)14(18-12)19-15(4)7-9-20-10-8-15/h5-10H2,1-4H3,(H2,16,17,18,19). The number of aromatic nitrogens is 2. The highest BCUT2D eigenvalue weighted by atomic mass is 16.5. The first-order valence-electron chi connectivity index (χ1n) is 7.55. The fourth-order valence-electron chi connectivity index (χ4n) is 2.42. The molecule has 0 spiro atoms. The van der Waals surface area contributed by atoms with Gasteiger partial charge in [0.05, 0.1) is 0 Å². The number of nitrogens with zero attached hydrogens (tertiary/aromatic N) is 2. The molecule has 0 radical (unpaired) electrons. The second kappa shape index (κ2) is 6.39. The van der Waals surface area contributed by atoms with Gasteiger partial charge in [-0.25, -0.2) is 9.97 Å². The SMILES string of the molecule is CCNc1nc(CC)nc(NC2(C)CCOCC2)c1C. The van der Waals surface area contributed by atoms with Crippen LogP contribution in [0.2, 0.25) is 0 Å². The van der Waals surface area contributed by atoms with Crippen molar-refractivity contribution in [3.63, 3.8) is 0 Å². The molecule has 1 fully saturated rings. The summed E-state index contributed by atoms with van der Waals surface area (Å²) in [6.07, 6.45) is 2.86. The third-order valence-electron chi connectivity index (χ3n) is 3.87. The quantitative estimate of drug-likeness (QED) is 0.867. The second-order valence-electron chi connectivity index (χ2n) is 5.64. The van der Waals surface area contributed by atoms with Crippen LogP contribution in [0.15, 0.2) is 0 Å². The van der Waals surface area contributed by atoms with Gasteiger partial charge in [-0.1, -0.05) is 6.92 Å². The Morgan fingerprint density at radius 2 is 1.80 bits per heavy atom. The van der Waals surface area contributed by atoms with Crippen LogP contribution < -0.4 is 10.6 Å². The van der Waals surface area contributed by atoms with Crippen molar-refractivity contribution in [2.24, 2.45) is 0 Å². The number of ether oxygens (including phenoxy) is 1. The Morgan fingerprint density at radius 3 is 2.40 bits per heavy atom. The minimum atomic E-state index is 0.0614. The number of nitrogens with one attached hydrogen (secondary N) is 2. The van der Waals surface area contributed by atoms with Crippen LogP contribution in [0, 0.1) is 6.92 Å². The third-order valence-corrected chi connectivity index (χ3v) is 3.87. The Labute approximate surface area is 121 Å². The van der Waals surface area contributed by atoms with Crippen molar-refractivity contribution >= 4 is 11.6 Å². The van der Waals surface area contributed by atoms with Gasteiger partial charge in [0, 0.05) is 37.3 Å². The van der Waals surface area contributed by atoms with Gasteiger partial charge in [0.2, 0.25) is 0 Å². The van der Waals surface area contributed by atoms with E-state index in [0.717, 1.165) is 62.0 Å². The minimum Gasteiger partial charge on any atom is -0.381 e. The summed E-state index contributed by atoms with van der Waals surface area (Å²) in [5.74, 6) is 2.78. The molecular weight excluding hydrogens is 252 g/mol. The Kier molecular flexibility index (Phi) is 4.81. The zero-order chi connectivity index (χ0) is 14.6. The van der Waals surface area contributed by atoms with Crippen molar-refractivity contribution in [1.82, 2.24) is 9.97 Å². The van der Waals surface area contributed by atoms with E-state index in [0.29, 0.717) is 0 Å². The van der Waals surface area contributed by atoms with Gasteiger partial charge >= 0.3 is 0 Å². The van der Waals surface area contributed by atoms with Gasteiger partial charge in [0.15, 0.2) is 0 Å². The fourth-order valence-corrected chi connectivity index (χ4v) is 2.42. The van der Waals surface area contributed by atoms with E-state index in [1.165, 1.54) is 0 Å². The van der Waals surface area contributed by atoms with Gasteiger partial charge in [-0.2, -0.15) is 0 Å². The van der Waals surface area contributed by atoms with E-state index < -0.39 is 0 Å². The molecule has 1 aromatic rings. The van der Waals surface area contributed by atoms with Gasteiger partial charge in [0.25, 0.3) is 0 Å². The van der Waals surface area contributed by atoms with Crippen molar-refractivity contribution in [2.75, 3.05) is 30.4 Å². The van der Waals surface area contributed by atoms with Crippen LogP contribution in [-0.2, 0) is 11.2 Å². The van der Waals surface area contributed by atoms with E-state index in [1.807, 2.05) is 0 Å². The largest absolute Gasteiger partial charge is 0.381 e. The van der Waals surface area contributed by atoms with Crippen molar-refractivity contribution in [3.05, 3.63) is 11.4 Å². The molecule has 20 heavy (non-hydrogen) atoms. The monoisotopic (exact) mass is 278 g/mol. The van der Waals surface area contributed by atoms with E-state index in [4.69, 9.17) is 4.74 Å². The summed E-state index contributed by atoms with van der Waals surface area (Å²) in [6, 6.07) is 0. The summed E-state index contributed by atoms with van der Waals surface area (Å²) < 4.78 is 5.45. The summed E-state index contributed by atoms with van der Waals surface area (Å²) in [6.45, 7) is 11.0. The average Bonchev–Trinajstić information content (AvgIpc) is 2.44. The highest BCUT2D eigenvalue weighted by molar-refractivity contribution is 5.58. The molecule has 2 N–H and O–H groups in total. The van der Waals surface area contributed by atoms with Crippen LogP contribution >= 0.6 is 0 Å². The lowest BCUT2D eigenvalue weighted by Gasteiger charge is -2.35. The molecule has 0 saturated carbocycles. The summed E-state index contributed by atoms with van der Waals surface area (Å²) in [5.41, 5.74) is 1.16. The molecule has 1 aromatic heterocycles. The molecule has 0 unspecified atom stereocenters. The van der Waals surface area contributed by atoms with Gasteiger partial charge in [0.1, 0.15) is 17.5 Å². The molecular formula is C15H26N4O. The molecule has 0 amide bonds. The average molecular weight is 278 g/mol. The molecule has 0 aromatic carbocycles. The first kappa shape index (κ1) is 15.0. The van der Waals surface area contributed by atoms with Gasteiger partial charge in [-0.15, -0.1) is 0 Å². The first-order chi connectivity index (χ1) is 9.58. The van der Waals surface area contributed by atoms with Crippen LogP contribution in [0.25, 0.3) is 0 Å². The van der Waals surface area contributed by atoms with Crippen LogP contribution in [-0.4, -0.2) is 35.3 Å². The van der Waals surface area contributed by atoms with E-state index in [1.54, 1.807) is 0 Å². The highest BCUT2D eigenvalue weighted by Crippen LogP contribution is 2.28. The number of anilines is 2. The van der Waals surface area contributed by atoms with Crippen LogP contribution in [0.5, 0.6) is 0 Å². The van der Waals surface area contributed by atoms with Crippen LogP contribution in [0.1, 0.15) is 45.0 Å². The Balaban J connectivity index is 2.27. The first-order valence-corrected chi connectivity index (χ1v) is 7.55. The van der Waals surface area contributed by atoms with Crippen molar-refractivity contribution in [1.29, 1.82) is 0 Å². The maximum absolute atomic E-state index is 5.45. The number of rotatable bonds is 5. The van der Waals surface area contributed by atoms with Gasteiger partial charge in [-0.3, -0.25) is 0 Å². The molecule has 2 heterocycles. The molecule has 1 aliphatic rings. The Bertz CT molecular complexity index is 455. The van der Waals surface area contributed by atoms with Crippen LogP contribution in [0.3, 0.4) is 0 Å². The van der Waals surface area contributed by atoms with Gasteiger partial charge in [-0.05, 0) is 33.6 Å². The third kappa shape index (κ3) is 3.39. The fraction of sp³-hybridized carbons (Fsp3) is 0.733. The summed E-state index contributed by atoms with van der Waals surface area (Å²) in [4.78, 5) is 9.24. The minimum absolute atomic E-state index is 0.0614. The summed E-state index contributed by atoms with van der Waals surface area (Å²) >= 11 is 0. The lowest BCUT2D eigenvalue weighted by Crippen LogP contribution is -2.41. The lowest BCUT2D eigenvalue weighted by atomic mass is 9.92. The molecule has 1 saturated heterocycles. The molecule has 112 valence electrons. The zero-order valence-corrected chi connectivity index (χ0v) is 13.0. The van der Waals surface area contributed by atoms with E-state index in [9.17, 15) is 0 Å². The maximum Gasteiger partial charge on any atom is 0.135 e. The molecule has 0 bridgehead atoms. The molecule has 5 heteroatoms. The van der Waals surface area contributed by atoms with E-state index in [2.05, 4.69) is 48.3 Å². The smallest absolute Gasteiger partial charge is 0.135 e. The normalized spacial score (nSPS) is 17.8. The van der Waals surface area contributed by atoms with E-state index >= 15 is 0 Å². The number of aryl methyl sites for hydroxylation is 1. The van der Waals surface area contributed by atoms with Crippen molar-refractivity contribution < 1.29 is 4.74 Å². The highest BCUT2D eigenvalue weighted by Gasteiger charge is 2.28. The maximum atomic E-state index is 5.45. The molecule has 2 rings (SSSR count). The number of hydrogen-bond donors (Lipinski definition) is 2. The molecule has 5 nitrogen and oxygen atoms in total. The predicted octanol–water partition coefficient (Wildman–Crippen LogP) is 2.76. The number of hydrogen-bond acceptors (Lipinski definition) is 5. The van der Waals surface area contributed by atoms with E-state index in [-0.39, 0.29) is 5.54 Å². The molecule has 0 aliphatic carbocycles. The lowest BCUT2D eigenvalue weighted by molar-refractivity contribution is 0.0657. The second-order valence-corrected chi connectivity index (χ2v) is 5.64. The summed E-state index contributed by atoms with van der Waals surface area (Å²) in [7, 11) is 0. The topological polar surface area (TPSA) is 59.1 Å². The predicted molar refractivity (Wildman–Crippen MR) is 82.4 cm³/mol. The van der Waals surface area contributed by atoms with Crippen LogP contribution in [0.4, 0.5) is 11.6 Å². The zero-order valence-electron chi connectivity index (χ0n) is 13.0. The Morgan fingerprint density at radius 1 is 1.15 bits per heavy atom. The van der Waals surface area contributed by atoms with Crippen molar-refractivity contribution in [2.45, 2.75) is 52.5 Å². The molecule has 0 atom stereocenters. The molecule has 1 aliphatic heterocycles.